The zero-order valence-electron chi connectivity index (χ0n) is 14.2. The summed E-state index contributed by atoms with van der Waals surface area (Å²) in [7, 11) is 0. The molecule has 1 atom stereocenters. The lowest BCUT2D eigenvalue weighted by Crippen LogP contribution is -2.50. The predicted molar refractivity (Wildman–Crippen MR) is 88.8 cm³/mol. The maximum atomic E-state index is 5.82. The molecule has 0 amide bonds. The number of aryl methyl sites for hydroxylation is 2. The van der Waals surface area contributed by atoms with Gasteiger partial charge in [-0.3, -0.25) is 4.90 Å². The van der Waals surface area contributed by atoms with Gasteiger partial charge in [-0.15, -0.1) is 0 Å². The lowest BCUT2D eigenvalue weighted by Gasteiger charge is -2.39. The third kappa shape index (κ3) is 4.80. The van der Waals surface area contributed by atoms with Crippen molar-refractivity contribution in [2.75, 3.05) is 32.8 Å². The Labute approximate surface area is 129 Å². The number of rotatable bonds is 5. The molecule has 21 heavy (non-hydrogen) atoms. The first-order valence-electron chi connectivity index (χ1n) is 8.07. The van der Waals surface area contributed by atoms with E-state index in [0.717, 1.165) is 32.8 Å². The maximum absolute atomic E-state index is 5.82. The molecular formula is C18H30N2O. The first-order valence-corrected chi connectivity index (χ1v) is 8.07. The Kier molecular flexibility index (Phi) is 5.42. The summed E-state index contributed by atoms with van der Waals surface area (Å²) in [4.78, 5) is 2.52. The molecular weight excluding hydrogens is 260 g/mol. The van der Waals surface area contributed by atoms with Crippen LogP contribution in [-0.4, -0.2) is 43.3 Å². The second-order valence-electron chi connectivity index (χ2n) is 6.87. The minimum atomic E-state index is -0.0302. The van der Waals surface area contributed by atoms with Gasteiger partial charge in [0.05, 0.1) is 12.2 Å². The second-order valence-corrected chi connectivity index (χ2v) is 6.87. The van der Waals surface area contributed by atoms with Crippen LogP contribution in [0.1, 0.15) is 43.5 Å². The number of hydrogen-bond acceptors (Lipinski definition) is 3. The average Bonchev–Trinajstić information content (AvgIpc) is 2.36. The van der Waals surface area contributed by atoms with Crippen LogP contribution in [0.2, 0.25) is 0 Å². The Morgan fingerprint density at radius 3 is 2.48 bits per heavy atom. The Morgan fingerprint density at radius 2 is 1.90 bits per heavy atom. The van der Waals surface area contributed by atoms with Crippen molar-refractivity contribution >= 4 is 0 Å². The molecule has 1 aromatic carbocycles. The molecule has 0 saturated carbocycles. The topological polar surface area (TPSA) is 24.5 Å². The lowest BCUT2D eigenvalue weighted by atomic mass is 9.99. The van der Waals surface area contributed by atoms with Crippen molar-refractivity contribution in [3.05, 3.63) is 34.9 Å². The highest BCUT2D eigenvalue weighted by molar-refractivity contribution is 5.31. The van der Waals surface area contributed by atoms with Crippen molar-refractivity contribution in [2.24, 2.45) is 0 Å². The molecule has 0 radical (unpaired) electrons. The predicted octanol–water partition coefficient (Wildman–Crippen LogP) is 3.06. The van der Waals surface area contributed by atoms with E-state index in [1.807, 2.05) is 0 Å². The standard InChI is InChI=1S/C18H30N2O/c1-6-19-17(16-10-14(2)9-15(3)11-16)12-20-7-8-21-18(4,5)13-20/h9-11,17,19H,6-8,12-13H2,1-5H3. The van der Waals surface area contributed by atoms with Crippen LogP contribution in [0.5, 0.6) is 0 Å². The van der Waals surface area contributed by atoms with Crippen LogP contribution in [0.3, 0.4) is 0 Å². The van der Waals surface area contributed by atoms with Gasteiger partial charge in [0.25, 0.3) is 0 Å². The zero-order valence-corrected chi connectivity index (χ0v) is 14.2. The van der Waals surface area contributed by atoms with Crippen molar-refractivity contribution in [2.45, 2.75) is 46.3 Å². The highest BCUT2D eigenvalue weighted by atomic mass is 16.5. The van der Waals surface area contributed by atoms with E-state index >= 15 is 0 Å². The fourth-order valence-corrected chi connectivity index (χ4v) is 3.27. The summed E-state index contributed by atoms with van der Waals surface area (Å²) in [6.45, 7) is 15.8. The van der Waals surface area contributed by atoms with E-state index in [1.54, 1.807) is 0 Å². The van der Waals surface area contributed by atoms with Gasteiger partial charge < -0.3 is 10.1 Å². The smallest absolute Gasteiger partial charge is 0.0753 e. The molecule has 118 valence electrons. The molecule has 0 bridgehead atoms. The molecule has 1 aromatic rings. The third-order valence-electron chi connectivity index (χ3n) is 4.04. The lowest BCUT2D eigenvalue weighted by molar-refractivity contribution is -0.0876. The van der Waals surface area contributed by atoms with Crippen molar-refractivity contribution in [1.82, 2.24) is 10.2 Å². The highest BCUT2D eigenvalue weighted by Crippen LogP contribution is 2.22. The molecule has 3 heteroatoms. The second kappa shape index (κ2) is 6.91. The number of nitrogens with zero attached hydrogens (tertiary/aromatic N) is 1. The quantitative estimate of drug-likeness (QED) is 0.902. The van der Waals surface area contributed by atoms with Crippen molar-refractivity contribution < 1.29 is 4.74 Å². The van der Waals surface area contributed by atoms with Crippen molar-refractivity contribution in [1.29, 1.82) is 0 Å². The van der Waals surface area contributed by atoms with E-state index in [-0.39, 0.29) is 5.60 Å². The Morgan fingerprint density at radius 1 is 1.24 bits per heavy atom. The molecule has 1 saturated heterocycles. The third-order valence-corrected chi connectivity index (χ3v) is 4.04. The fraction of sp³-hybridized carbons (Fsp3) is 0.667. The van der Waals surface area contributed by atoms with Crippen LogP contribution in [0.25, 0.3) is 0 Å². The molecule has 2 rings (SSSR count). The van der Waals surface area contributed by atoms with Gasteiger partial charge in [0.15, 0.2) is 0 Å². The number of ether oxygens (including phenoxy) is 1. The van der Waals surface area contributed by atoms with Gasteiger partial charge in [-0.05, 0) is 39.8 Å². The van der Waals surface area contributed by atoms with Gasteiger partial charge in [0, 0.05) is 25.7 Å². The fourth-order valence-electron chi connectivity index (χ4n) is 3.27. The zero-order chi connectivity index (χ0) is 15.5. The SMILES string of the molecule is CCNC(CN1CCOC(C)(C)C1)c1cc(C)cc(C)c1. The number of hydrogen-bond donors (Lipinski definition) is 1. The Hall–Kier alpha value is -0.900. The van der Waals surface area contributed by atoms with Gasteiger partial charge in [-0.2, -0.15) is 0 Å². The minimum absolute atomic E-state index is 0.0302. The van der Waals surface area contributed by atoms with Crippen LogP contribution in [0.15, 0.2) is 18.2 Å². The van der Waals surface area contributed by atoms with Gasteiger partial charge in [-0.1, -0.05) is 36.2 Å². The van der Waals surface area contributed by atoms with Crippen LogP contribution >= 0.6 is 0 Å². The summed E-state index contributed by atoms with van der Waals surface area (Å²) >= 11 is 0. The maximum Gasteiger partial charge on any atom is 0.0753 e. The normalized spacial score (nSPS) is 20.4. The summed E-state index contributed by atoms with van der Waals surface area (Å²) in [6, 6.07) is 7.25. The Balaban J connectivity index is 2.11. The van der Waals surface area contributed by atoms with Gasteiger partial charge in [-0.25, -0.2) is 0 Å². The molecule has 0 spiro atoms. The summed E-state index contributed by atoms with van der Waals surface area (Å²) in [6.07, 6.45) is 0. The largest absolute Gasteiger partial charge is 0.373 e. The van der Waals surface area contributed by atoms with Gasteiger partial charge in [0.2, 0.25) is 0 Å². The molecule has 1 fully saturated rings. The molecule has 1 aliphatic heterocycles. The first kappa shape index (κ1) is 16.5. The first-order chi connectivity index (χ1) is 9.89. The molecule has 1 N–H and O–H groups in total. The monoisotopic (exact) mass is 290 g/mol. The summed E-state index contributed by atoms with van der Waals surface area (Å²) < 4.78 is 5.82. The van der Waals surface area contributed by atoms with E-state index in [4.69, 9.17) is 4.74 Å². The average molecular weight is 290 g/mol. The van der Waals surface area contributed by atoms with E-state index < -0.39 is 0 Å². The van der Waals surface area contributed by atoms with Gasteiger partial charge in [0.1, 0.15) is 0 Å². The van der Waals surface area contributed by atoms with E-state index in [9.17, 15) is 0 Å². The van der Waals surface area contributed by atoms with E-state index in [0.29, 0.717) is 6.04 Å². The van der Waals surface area contributed by atoms with Crippen molar-refractivity contribution in [3.8, 4) is 0 Å². The molecule has 1 aliphatic rings. The summed E-state index contributed by atoms with van der Waals surface area (Å²) in [5, 5.41) is 3.65. The van der Waals surface area contributed by atoms with Crippen LogP contribution in [0, 0.1) is 13.8 Å². The van der Waals surface area contributed by atoms with Crippen LogP contribution in [0.4, 0.5) is 0 Å². The van der Waals surface area contributed by atoms with Gasteiger partial charge >= 0.3 is 0 Å². The number of nitrogens with one attached hydrogen (secondary N) is 1. The highest BCUT2D eigenvalue weighted by Gasteiger charge is 2.28. The minimum Gasteiger partial charge on any atom is -0.373 e. The molecule has 1 unspecified atom stereocenters. The Bertz CT molecular complexity index is 450. The van der Waals surface area contributed by atoms with Crippen LogP contribution < -0.4 is 5.32 Å². The molecule has 1 heterocycles. The summed E-state index contributed by atoms with van der Waals surface area (Å²) in [5.41, 5.74) is 4.06. The van der Waals surface area contributed by atoms with Crippen molar-refractivity contribution in [3.63, 3.8) is 0 Å². The number of likely N-dealkylation sites (N-methyl/N-ethyl adjacent to an activating group) is 1. The molecule has 3 nitrogen and oxygen atoms in total. The molecule has 0 aromatic heterocycles. The number of morpholine rings is 1. The van der Waals surface area contributed by atoms with Crippen LogP contribution in [-0.2, 0) is 4.74 Å². The van der Waals surface area contributed by atoms with E-state index in [1.165, 1.54) is 16.7 Å². The summed E-state index contributed by atoms with van der Waals surface area (Å²) in [5.74, 6) is 0. The molecule has 0 aliphatic carbocycles. The number of benzene rings is 1. The van der Waals surface area contributed by atoms with E-state index in [2.05, 4.69) is 63.0 Å².